The van der Waals surface area contributed by atoms with Crippen molar-refractivity contribution in [1.29, 1.82) is 0 Å². The molecule has 5 heteroatoms. The number of hydrogen-bond donors (Lipinski definition) is 2. The summed E-state index contributed by atoms with van der Waals surface area (Å²) in [6, 6.07) is 7.05. The van der Waals surface area contributed by atoms with Gasteiger partial charge in [-0.1, -0.05) is 6.07 Å². The zero-order valence-electron chi connectivity index (χ0n) is 10.9. The molecule has 1 aromatic heterocycles. The highest BCUT2D eigenvalue weighted by Gasteiger charge is 2.13. The number of aryl methyl sites for hydroxylation is 1. The Morgan fingerprint density at radius 2 is 2.21 bits per heavy atom. The van der Waals surface area contributed by atoms with E-state index in [9.17, 15) is 4.79 Å². The SMILES string of the molecule is COc1cc(CN)ccc1NC(=O)c1ccoc1C. The van der Waals surface area contributed by atoms with E-state index in [0.717, 1.165) is 5.56 Å². The lowest BCUT2D eigenvalue weighted by Crippen LogP contribution is -2.13. The van der Waals surface area contributed by atoms with Crippen LogP contribution in [0.25, 0.3) is 0 Å². The van der Waals surface area contributed by atoms with Crippen molar-refractivity contribution in [3.05, 3.63) is 47.4 Å². The molecule has 5 nitrogen and oxygen atoms in total. The Balaban J connectivity index is 2.24. The Morgan fingerprint density at radius 3 is 2.79 bits per heavy atom. The van der Waals surface area contributed by atoms with Crippen LogP contribution in [0.5, 0.6) is 5.75 Å². The average molecular weight is 260 g/mol. The summed E-state index contributed by atoms with van der Waals surface area (Å²) in [7, 11) is 1.55. The molecule has 0 fully saturated rings. The van der Waals surface area contributed by atoms with E-state index in [4.69, 9.17) is 14.9 Å². The lowest BCUT2D eigenvalue weighted by atomic mass is 10.1. The maximum Gasteiger partial charge on any atom is 0.259 e. The fraction of sp³-hybridized carbons (Fsp3) is 0.214. The van der Waals surface area contributed by atoms with Crippen LogP contribution in [0.15, 0.2) is 34.9 Å². The number of methoxy groups -OCH3 is 1. The van der Waals surface area contributed by atoms with Gasteiger partial charge in [0, 0.05) is 6.54 Å². The fourth-order valence-corrected chi connectivity index (χ4v) is 1.78. The molecule has 100 valence electrons. The first-order valence-electron chi connectivity index (χ1n) is 5.88. The molecule has 19 heavy (non-hydrogen) atoms. The van der Waals surface area contributed by atoms with Crippen LogP contribution in [-0.4, -0.2) is 13.0 Å². The molecule has 1 aromatic carbocycles. The highest BCUT2D eigenvalue weighted by Crippen LogP contribution is 2.26. The summed E-state index contributed by atoms with van der Waals surface area (Å²) in [5, 5.41) is 2.79. The number of hydrogen-bond acceptors (Lipinski definition) is 4. The number of furan rings is 1. The zero-order chi connectivity index (χ0) is 13.8. The number of carbonyl (C=O) groups excluding carboxylic acids is 1. The molecule has 0 aliphatic rings. The van der Waals surface area contributed by atoms with Crippen molar-refractivity contribution in [1.82, 2.24) is 0 Å². The normalized spacial score (nSPS) is 10.3. The minimum atomic E-state index is -0.231. The lowest BCUT2D eigenvalue weighted by molar-refractivity contribution is 0.102. The molecule has 0 aliphatic carbocycles. The van der Waals surface area contributed by atoms with Crippen LogP contribution in [0.1, 0.15) is 21.7 Å². The third kappa shape index (κ3) is 2.77. The second kappa shape index (κ2) is 5.58. The van der Waals surface area contributed by atoms with Crippen LogP contribution >= 0.6 is 0 Å². The number of nitrogens with two attached hydrogens (primary N) is 1. The van der Waals surface area contributed by atoms with Gasteiger partial charge in [0.2, 0.25) is 0 Å². The monoisotopic (exact) mass is 260 g/mol. The fourth-order valence-electron chi connectivity index (χ4n) is 1.78. The molecule has 0 saturated heterocycles. The van der Waals surface area contributed by atoms with E-state index in [2.05, 4.69) is 5.32 Å². The average Bonchev–Trinajstić information content (AvgIpc) is 2.85. The van der Waals surface area contributed by atoms with Gasteiger partial charge in [0.25, 0.3) is 5.91 Å². The van der Waals surface area contributed by atoms with Gasteiger partial charge in [-0.25, -0.2) is 0 Å². The summed E-state index contributed by atoms with van der Waals surface area (Å²) < 4.78 is 10.4. The number of carbonyl (C=O) groups is 1. The van der Waals surface area contributed by atoms with E-state index >= 15 is 0 Å². The van der Waals surface area contributed by atoms with E-state index in [0.29, 0.717) is 29.3 Å². The number of anilines is 1. The van der Waals surface area contributed by atoms with Crippen molar-refractivity contribution in [3.8, 4) is 5.75 Å². The third-order valence-electron chi connectivity index (χ3n) is 2.85. The highest BCUT2D eigenvalue weighted by atomic mass is 16.5. The molecule has 1 heterocycles. The van der Waals surface area contributed by atoms with Crippen molar-refractivity contribution in [2.45, 2.75) is 13.5 Å². The smallest absolute Gasteiger partial charge is 0.259 e. The van der Waals surface area contributed by atoms with Gasteiger partial charge in [0.05, 0.1) is 24.6 Å². The van der Waals surface area contributed by atoms with Gasteiger partial charge in [0.1, 0.15) is 11.5 Å². The summed E-state index contributed by atoms with van der Waals surface area (Å²) >= 11 is 0. The molecule has 0 spiro atoms. The largest absolute Gasteiger partial charge is 0.495 e. The summed E-state index contributed by atoms with van der Waals surface area (Å²) in [6.07, 6.45) is 1.49. The molecule has 3 N–H and O–H groups in total. The Kier molecular flexibility index (Phi) is 3.87. The Morgan fingerprint density at radius 1 is 1.42 bits per heavy atom. The quantitative estimate of drug-likeness (QED) is 0.884. The van der Waals surface area contributed by atoms with Gasteiger partial charge in [-0.15, -0.1) is 0 Å². The minimum absolute atomic E-state index is 0.231. The Labute approximate surface area is 111 Å². The first-order valence-corrected chi connectivity index (χ1v) is 5.88. The van der Waals surface area contributed by atoms with Crippen molar-refractivity contribution >= 4 is 11.6 Å². The standard InChI is InChI=1S/C14H16N2O3/c1-9-11(5-6-19-9)14(17)16-12-4-3-10(8-15)7-13(12)18-2/h3-7H,8,15H2,1-2H3,(H,16,17). The van der Waals surface area contributed by atoms with Gasteiger partial charge in [-0.3, -0.25) is 4.79 Å². The van der Waals surface area contributed by atoms with E-state index in [1.165, 1.54) is 6.26 Å². The van der Waals surface area contributed by atoms with Crippen LogP contribution in [0.4, 0.5) is 5.69 Å². The summed E-state index contributed by atoms with van der Waals surface area (Å²) in [4.78, 5) is 12.1. The molecule has 0 radical (unpaired) electrons. The minimum Gasteiger partial charge on any atom is -0.495 e. The van der Waals surface area contributed by atoms with Crippen LogP contribution in [0.3, 0.4) is 0 Å². The summed E-state index contributed by atoms with van der Waals surface area (Å²) in [5.74, 6) is 0.928. The van der Waals surface area contributed by atoms with Crippen LogP contribution in [-0.2, 0) is 6.54 Å². The van der Waals surface area contributed by atoms with Gasteiger partial charge in [-0.2, -0.15) is 0 Å². The highest BCUT2D eigenvalue weighted by molar-refractivity contribution is 6.05. The molecule has 1 amide bonds. The summed E-state index contributed by atoms with van der Waals surface area (Å²) in [6.45, 7) is 2.16. The van der Waals surface area contributed by atoms with E-state index in [1.807, 2.05) is 6.07 Å². The Hall–Kier alpha value is -2.27. The molecule has 2 rings (SSSR count). The lowest BCUT2D eigenvalue weighted by Gasteiger charge is -2.11. The molecular weight excluding hydrogens is 244 g/mol. The van der Waals surface area contributed by atoms with E-state index in [1.54, 1.807) is 32.2 Å². The second-order valence-electron chi connectivity index (χ2n) is 4.08. The molecule has 0 bridgehead atoms. The molecule has 0 unspecified atom stereocenters. The maximum absolute atomic E-state index is 12.1. The number of amides is 1. The molecule has 0 atom stereocenters. The van der Waals surface area contributed by atoms with Crippen LogP contribution < -0.4 is 15.8 Å². The number of benzene rings is 1. The molecule has 0 aliphatic heterocycles. The number of nitrogens with one attached hydrogen (secondary N) is 1. The van der Waals surface area contributed by atoms with Crippen molar-refractivity contribution < 1.29 is 13.9 Å². The van der Waals surface area contributed by atoms with Gasteiger partial charge >= 0.3 is 0 Å². The topological polar surface area (TPSA) is 77.5 Å². The second-order valence-corrected chi connectivity index (χ2v) is 4.08. The van der Waals surface area contributed by atoms with Crippen molar-refractivity contribution in [2.75, 3.05) is 12.4 Å². The maximum atomic E-state index is 12.1. The van der Waals surface area contributed by atoms with Gasteiger partial charge < -0.3 is 20.2 Å². The summed E-state index contributed by atoms with van der Waals surface area (Å²) in [5.41, 5.74) is 7.61. The number of rotatable bonds is 4. The zero-order valence-corrected chi connectivity index (χ0v) is 10.9. The van der Waals surface area contributed by atoms with Crippen molar-refractivity contribution in [3.63, 3.8) is 0 Å². The predicted octanol–water partition coefficient (Wildman–Crippen LogP) is 2.31. The predicted molar refractivity (Wildman–Crippen MR) is 72.3 cm³/mol. The molecular formula is C14H16N2O3. The first kappa shape index (κ1) is 13.2. The van der Waals surface area contributed by atoms with E-state index in [-0.39, 0.29) is 5.91 Å². The van der Waals surface area contributed by atoms with Gasteiger partial charge in [-0.05, 0) is 30.7 Å². The van der Waals surface area contributed by atoms with Crippen LogP contribution in [0.2, 0.25) is 0 Å². The van der Waals surface area contributed by atoms with Crippen molar-refractivity contribution in [2.24, 2.45) is 5.73 Å². The first-order chi connectivity index (χ1) is 9.15. The Bertz CT molecular complexity index is 590. The van der Waals surface area contributed by atoms with Crippen LogP contribution in [0, 0.1) is 6.92 Å². The molecule has 2 aromatic rings. The number of ether oxygens (including phenoxy) is 1. The van der Waals surface area contributed by atoms with E-state index < -0.39 is 0 Å². The third-order valence-corrected chi connectivity index (χ3v) is 2.85. The molecule has 0 saturated carbocycles. The van der Waals surface area contributed by atoms with Gasteiger partial charge in [0.15, 0.2) is 0 Å².